The molecule has 5 rings (SSSR count). The van der Waals surface area contributed by atoms with Crippen LogP contribution in [0, 0.1) is 6.92 Å². The minimum atomic E-state index is -0.768. The molecule has 3 aromatic carbocycles. The number of ketones is 1. The molecule has 0 bridgehead atoms. The molecule has 6 nitrogen and oxygen atoms in total. The fourth-order valence-electron chi connectivity index (χ4n) is 4.47. The van der Waals surface area contributed by atoms with Crippen molar-refractivity contribution in [3.05, 3.63) is 94.6 Å². The fraction of sp³-hybridized carbons (Fsp3) is 0.214. The first-order valence-corrected chi connectivity index (χ1v) is 11.2. The highest BCUT2D eigenvalue weighted by Crippen LogP contribution is 2.43. The third-order valence-corrected chi connectivity index (χ3v) is 6.29. The maximum atomic E-state index is 13.3. The number of aliphatic hydroxyl groups is 1. The number of fused-ring (bicyclic) bond motifs is 1. The molecule has 0 aliphatic carbocycles. The molecule has 34 heavy (non-hydrogen) atoms. The highest BCUT2D eigenvalue weighted by Gasteiger charge is 2.47. The number of nitrogens with zero attached hydrogens (tertiary/aromatic N) is 1. The van der Waals surface area contributed by atoms with E-state index in [2.05, 4.69) is 13.8 Å². The molecule has 6 heteroatoms. The van der Waals surface area contributed by atoms with E-state index in [4.69, 9.17) is 9.47 Å². The van der Waals surface area contributed by atoms with Crippen LogP contribution < -0.4 is 14.4 Å². The molecule has 2 heterocycles. The van der Waals surface area contributed by atoms with Crippen LogP contribution in [0.2, 0.25) is 0 Å². The zero-order valence-electron chi connectivity index (χ0n) is 19.2. The number of carbonyl (C=O) groups excluding carboxylic acids is 2. The number of carbonyl (C=O) groups is 2. The van der Waals surface area contributed by atoms with Crippen LogP contribution >= 0.6 is 0 Å². The number of benzene rings is 3. The molecule has 0 radical (unpaired) electrons. The van der Waals surface area contributed by atoms with Crippen molar-refractivity contribution >= 4 is 23.1 Å². The molecule has 172 valence electrons. The smallest absolute Gasteiger partial charge is 0.300 e. The molecular formula is C28H25NO5. The Hall–Kier alpha value is -4.06. The van der Waals surface area contributed by atoms with E-state index in [9.17, 15) is 14.7 Å². The highest BCUT2D eigenvalue weighted by atomic mass is 16.7. The summed E-state index contributed by atoms with van der Waals surface area (Å²) in [5.74, 6) is -0.264. The Morgan fingerprint density at radius 2 is 1.71 bits per heavy atom. The third-order valence-electron chi connectivity index (χ3n) is 6.29. The summed E-state index contributed by atoms with van der Waals surface area (Å²) in [6.45, 7) is 6.24. The SMILES string of the molecule is Cc1cccc(C2/C(=C(/O)c3ccc4c(c3)OCO4)C(=O)C(=O)N2c2ccc(C(C)C)cc2)c1. The van der Waals surface area contributed by atoms with Crippen LogP contribution in [-0.4, -0.2) is 23.6 Å². The van der Waals surface area contributed by atoms with E-state index in [0.717, 1.165) is 16.7 Å². The zero-order chi connectivity index (χ0) is 24.0. The van der Waals surface area contributed by atoms with Gasteiger partial charge < -0.3 is 14.6 Å². The first-order valence-electron chi connectivity index (χ1n) is 11.2. The van der Waals surface area contributed by atoms with Crippen molar-refractivity contribution in [1.29, 1.82) is 0 Å². The molecule has 2 aliphatic heterocycles. The van der Waals surface area contributed by atoms with Crippen LogP contribution in [0.5, 0.6) is 11.5 Å². The van der Waals surface area contributed by atoms with Gasteiger partial charge in [-0.2, -0.15) is 0 Å². The van der Waals surface area contributed by atoms with Gasteiger partial charge in [-0.1, -0.05) is 55.8 Å². The van der Waals surface area contributed by atoms with Crippen molar-refractivity contribution in [2.24, 2.45) is 0 Å². The van der Waals surface area contributed by atoms with E-state index in [0.29, 0.717) is 28.7 Å². The predicted octanol–water partition coefficient (Wildman–Crippen LogP) is 5.47. The predicted molar refractivity (Wildman–Crippen MR) is 129 cm³/mol. The van der Waals surface area contributed by atoms with Gasteiger partial charge in [0.15, 0.2) is 11.5 Å². The van der Waals surface area contributed by atoms with E-state index < -0.39 is 17.7 Å². The van der Waals surface area contributed by atoms with E-state index in [-0.39, 0.29) is 18.1 Å². The summed E-state index contributed by atoms with van der Waals surface area (Å²) in [7, 11) is 0. The summed E-state index contributed by atoms with van der Waals surface area (Å²) in [4.78, 5) is 28.1. The van der Waals surface area contributed by atoms with Crippen molar-refractivity contribution in [2.45, 2.75) is 32.7 Å². The van der Waals surface area contributed by atoms with Gasteiger partial charge in [0.1, 0.15) is 5.76 Å². The first kappa shape index (κ1) is 21.8. The average Bonchev–Trinajstić information content (AvgIpc) is 3.40. The molecular weight excluding hydrogens is 430 g/mol. The molecule has 1 amide bonds. The van der Waals surface area contributed by atoms with Gasteiger partial charge in [0.25, 0.3) is 11.7 Å². The van der Waals surface area contributed by atoms with Crippen LogP contribution in [0.1, 0.15) is 48.1 Å². The zero-order valence-corrected chi connectivity index (χ0v) is 19.2. The normalized spacial score (nSPS) is 18.7. The fourth-order valence-corrected chi connectivity index (χ4v) is 4.47. The number of hydrogen-bond acceptors (Lipinski definition) is 5. The van der Waals surface area contributed by atoms with Gasteiger partial charge in [0, 0.05) is 11.3 Å². The van der Waals surface area contributed by atoms with Crippen molar-refractivity contribution < 1.29 is 24.2 Å². The summed E-state index contributed by atoms with van der Waals surface area (Å²) in [6, 6.07) is 19.4. The number of amides is 1. The first-order chi connectivity index (χ1) is 16.3. The lowest BCUT2D eigenvalue weighted by Crippen LogP contribution is -2.29. The molecule has 3 aromatic rings. The van der Waals surface area contributed by atoms with Crippen LogP contribution in [-0.2, 0) is 9.59 Å². The molecule has 1 N–H and O–H groups in total. The molecule has 0 saturated carbocycles. The van der Waals surface area contributed by atoms with Crippen molar-refractivity contribution in [1.82, 2.24) is 0 Å². The lowest BCUT2D eigenvalue weighted by atomic mass is 9.94. The van der Waals surface area contributed by atoms with E-state index in [1.54, 1.807) is 18.2 Å². The Bertz CT molecular complexity index is 1320. The summed E-state index contributed by atoms with van der Waals surface area (Å²) in [5, 5.41) is 11.3. The average molecular weight is 456 g/mol. The van der Waals surface area contributed by atoms with Crippen LogP contribution in [0.15, 0.2) is 72.3 Å². The van der Waals surface area contributed by atoms with Gasteiger partial charge in [-0.15, -0.1) is 0 Å². The van der Waals surface area contributed by atoms with Crippen molar-refractivity contribution in [3.8, 4) is 11.5 Å². The summed E-state index contributed by atoms with van der Waals surface area (Å²) < 4.78 is 10.8. The standard InChI is InChI=1S/C28H25NO5/c1-16(2)18-7-10-21(11-8-18)29-25(19-6-4-5-17(3)13-19)24(27(31)28(29)32)26(30)20-9-12-22-23(14-20)34-15-33-22/h4-14,16,25,30H,15H2,1-3H3/b26-24-. The van der Waals surface area contributed by atoms with Crippen LogP contribution in [0.25, 0.3) is 5.76 Å². The molecule has 1 fully saturated rings. The summed E-state index contributed by atoms with van der Waals surface area (Å²) in [6.07, 6.45) is 0. The summed E-state index contributed by atoms with van der Waals surface area (Å²) in [5.41, 5.74) is 3.89. The second kappa shape index (κ2) is 8.37. The Balaban J connectivity index is 1.68. The number of anilines is 1. The van der Waals surface area contributed by atoms with Gasteiger partial charge in [0.2, 0.25) is 6.79 Å². The molecule has 0 aromatic heterocycles. The third kappa shape index (κ3) is 3.61. The van der Waals surface area contributed by atoms with E-state index in [1.807, 2.05) is 55.5 Å². The van der Waals surface area contributed by atoms with Gasteiger partial charge in [0.05, 0.1) is 11.6 Å². The van der Waals surface area contributed by atoms with Gasteiger partial charge >= 0.3 is 0 Å². The molecule has 1 unspecified atom stereocenters. The maximum absolute atomic E-state index is 13.3. The number of aryl methyl sites for hydroxylation is 1. The van der Waals surface area contributed by atoms with E-state index in [1.165, 1.54) is 4.90 Å². The molecule has 1 atom stereocenters. The van der Waals surface area contributed by atoms with Gasteiger partial charge in [-0.05, 0) is 54.3 Å². The van der Waals surface area contributed by atoms with E-state index >= 15 is 0 Å². The number of rotatable bonds is 4. The van der Waals surface area contributed by atoms with Gasteiger partial charge in [-0.25, -0.2) is 0 Å². The topological polar surface area (TPSA) is 76.1 Å². The van der Waals surface area contributed by atoms with Gasteiger partial charge in [-0.3, -0.25) is 14.5 Å². The largest absolute Gasteiger partial charge is 0.507 e. The maximum Gasteiger partial charge on any atom is 0.300 e. The molecule has 1 saturated heterocycles. The monoisotopic (exact) mass is 455 g/mol. The number of Topliss-reactive ketones (excluding diaryl/α,β-unsaturated/α-hetero) is 1. The second-order valence-corrected chi connectivity index (χ2v) is 8.90. The number of hydrogen-bond donors (Lipinski definition) is 1. The van der Waals surface area contributed by atoms with Crippen LogP contribution in [0.3, 0.4) is 0 Å². The molecule has 2 aliphatic rings. The van der Waals surface area contributed by atoms with Crippen molar-refractivity contribution in [3.63, 3.8) is 0 Å². The Kier molecular flexibility index (Phi) is 5.36. The van der Waals surface area contributed by atoms with Crippen molar-refractivity contribution in [2.75, 3.05) is 11.7 Å². The highest BCUT2D eigenvalue weighted by molar-refractivity contribution is 6.51. The van der Waals surface area contributed by atoms with Crippen LogP contribution in [0.4, 0.5) is 5.69 Å². The Morgan fingerprint density at radius 1 is 0.971 bits per heavy atom. The lowest BCUT2D eigenvalue weighted by molar-refractivity contribution is -0.132. The minimum absolute atomic E-state index is 0.0439. The minimum Gasteiger partial charge on any atom is -0.507 e. The Labute approximate surface area is 198 Å². The number of aliphatic hydroxyl groups excluding tert-OH is 1. The number of ether oxygens (including phenoxy) is 2. The second-order valence-electron chi connectivity index (χ2n) is 8.90. The quantitative estimate of drug-likeness (QED) is 0.321. The lowest BCUT2D eigenvalue weighted by Gasteiger charge is -2.26. The molecule has 0 spiro atoms. The summed E-state index contributed by atoms with van der Waals surface area (Å²) >= 11 is 0. The Morgan fingerprint density at radius 3 is 2.41 bits per heavy atom.